The van der Waals surface area contributed by atoms with Gasteiger partial charge in [0, 0.05) is 24.8 Å². The van der Waals surface area contributed by atoms with Gasteiger partial charge in [0.25, 0.3) is 0 Å². The fourth-order valence-corrected chi connectivity index (χ4v) is 2.78. The van der Waals surface area contributed by atoms with Crippen LogP contribution in [0, 0.1) is 5.92 Å². The van der Waals surface area contributed by atoms with E-state index in [1.54, 1.807) is 0 Å². The minimum atomic E-state index is 0. The molecule has 2 rings (SSSR count). The van der Waals surface area contributed by atoms with Gasteiger partial charge < -0.3 is 15.6 Å². The van der Waals surface area contributed by atoms with Gasteiger partial charge >= 0.3 is 0 Å². The zero-order valence-electron chi connectivity index (χ0n) is 13.4. The Morgan fingerprint density at radius 3 is 2.77 bits per heavy atom. The van der Waals surface area contributed by atoms with Crippen molar-refractivity contribution in [2.45, 2.75) is 64.3 Å². The SMILES string of the molecule is CC(C)c1noc(CCC(=O)NC2CCCCC2CN)n1.Cl. The number of nitrogens with one attached hydrogen (secondary N) is 1. The number of hydrogen-bond donors (Lipinski definition) is 2. The zero-order chi connectivity index (χ0) is 15.2. The van der Waals surface area contributed by atoms with Gasteiger partial charge in [0.05, 0.1) is 0 Å². The van der Waals surface area contributed by atoms with Crippen molar-refractivity contribution < 1.29 is 9.32 Å². The molecule has 1 aliphatic carbocycles. The van der Waals surface area contributed by atoms with E-state index in [4.69, 9.17) is 10.3 Å². The molecule has 126 valence electrons. The largest absolute Gasteiger partial charge is 0.353 e. The van der Waals surface area contributed by atoms with Crippen molar-refractivity contribution >= 4 is 18.3 Å². The lowest BCUT2D eigenvalue weighted by Crippen LogP contribution is -2.44. The van der Waals surface area contributed by atoms with E-state index >= 15 is 0 Å². The number of halogens is 1. The van der Waals surface area contributed by atoms with Gasteiger partial charge in [-0.2, -0.15) is 4.98 Å². The monoisotopic (exact) mass is 330 g/mol. The second kappa shape index (κ2) is 9.10. The van der Waals surface area contributed by atoms with E-state index < -0.39 is 0 Å². The Morgan fingerprint density at radius 2 is 2.14 bits per heavy atom. The summed E-state index contributed by atoms with van der Waals surface area (Å²) in [4.78, 5) is 16.3. The van der Waals surface area contributed by atoms with Crippen molar-refractivity contribution in [2.24, 2.45) is 11.7 Å². The lowest BCUT2D eigenvalue weighted by atomic mass is 9.84. The molecular weight excluding hydrogens is 304 g/mol. The summed E-state index contributed by atoms with van der Waals surface area (Å²) in [5, 5.41) is 7.01. The van der Waals surface area contributed by atoms with E-state index in [-0.39, 0.29) is 30.3 Å². The van der Waals surface area contributed by atoms with E-state index in [1.165, 1.54) is 12.8 Å². The van der Waals surface area contributed by atoms with E-state index in [1.807, 2.05) is 13.8 Å². The zero-order valence-corrected chi connectivity index (χ0v) is 14.2. The number of nitrogens with two attached hydrogens (primary N) is 1. The molecule has 0 radical (unpaired) electrons. The molecule has 1 amide bonds. The highest BCUT2D eigenvalue weighted by Crippen LogP contribution is 2.23. The number of rotatable bonds is 6. The summed E-state index contributed by atoms with van der Waals surface area (Å²) in [5.74, 6) is 1.93. The Hall–Kier alpha value is -1.14. The molecule has 0 saturated heterocycles. The second-order valence-corrected chi connectivity index (χ2v) is 6.16. The van der Waals surface area contributed by atoms with Gasteiger partial charge in [0.15, 0.2) is 5.82 Å². The minimum Gasteiger partial charge on any atom is -0.353 e. The average Bonchev–Trinajstić information content (AvgIpc) is 2.95. The van der Waals surface area contributed by atoms with Crippen molar-refractivity contribution in [3.05, 3.63) is 11.7 Å². The number of hydrogen-bond acceptors (Lipinski definition) is 5. The van der Waals surface area contributed by atoms with Crippen LogP contribution in [0.2, 0.25) is 0 Å². The predicted molar refractivity (Wildman–Crippen MR) is 86.9 cm³/mol. The maximum atomic E-state index is 12.0. The Labute approximate surface area is 138 Å². The van der Waals surface area contributed by atoms with Crippen molar-refractivity contribution in [2.75, 3.05) is 6.54 Å². The van der Waals surface area contributed by atoms with Gasteiger partial charge in [0.1, 0.15) is 0 Å². The van der Waals surface area contributed by atoms with Gasteiger partial charge in [0.2, 0.25) is 11.8 Å². The number of amides is 1. The Bertz CT molecular complexity index is 464. The van der Waals surface area contributed by atoms with E-state index in [0.717, 1.165) is 12.8 Å². The number of aromatic nitrogens is 2. The van der Waals surface area contributed by atoms with Gasteiger partial charge in [-0.25, -0.2) is 0 Å². The molecule has 1 fully saturated rings. The molecule has 2 unspecified atom stereocenters. The van der Waals surface area contributed by atoms with Crippen LogP contribution in [0.4, 0.5) is 0 Å². The van der Waals surface area contributed by atoms with Crippen molar-refractivity contribution in [1.29, 1.82) is 0 Å². The molecule has 1 aliphatic rings. The van der Waals surface area contributed by atoms with Gasteiger partial charge in [-0.1, -0.05) is 31.8 Å². The molecular formula is C15H27ClN4O2. The van der Waals surface area contributed by atoms with Crippen LogP contribution < -0.4 is 11.1 Å². The van der Waals surface area contributed by atoms with Crippen molar-refractivity contribution in [3.8, 4) is 0 Å². The molecule has 2 atom stereocenters. The van der Waals surface area contributed by atoms with Gasteiger partial charge in [-0.3, -0.25) is 4.79 Å². The third-order valence-corrected chi connectivity index (χ3v) is 4.12. The number of carbonyl (C=O) groups is 1. The topological polar surface area (TPSA) is 94.0 Å². The quantitative estimate of drug-likeness (QED) is 0.833. The fourth-order valence-electron chi connectivity index (χ4n) is 2.78. The lowest BCUT2D eigenvalue weighted by Gasteiger charge is -2.31. The highest BCUT2D eigenvalue weighted by atomic mass is 35.5. The molecule has 1 aromatic rings. The summed E-state index contributed by atoms with van der Waals surface area (Å²) >= 11 is 0. The first-order chi connectivity index (χ1) is 10.1. The smallest absolute Gasteiger partial charge is 0.227 e. The van der Waals surface area contributed by atoms with Crippen LogP contribution in [0.5, 0.6) is 0 Å². The normalized spacial score (nSPS) is 21.5. The van der Waals surface area contributed by atoms with Crippen LogP contribution in [0.1, 0.15) is 63.6 Å². The molecule has 7 heteroatoms. The summed E-state index contributed by atoms with van der Waals surface area (Å²) in [5.41, 5.74) is 5.78. The minimum absolute atomic E-state index is 0. The van der Waals surface area contributed by atoms with Crippen LogP contribution >= 0.6 is 12.4 Å². The van der Waals surface area contributed by atoms with Crippen LogP contribution in [-0.4, -0.2) is 28.6 Å². The summed E-state index contributed by atoms with van der Waals surface area (Å²) in [6.45, 7) is 4.67. The number of aryl methyl sites for hydroxylation is 1. The molecule has 0 aromatic carbocycles. The van der Waals surface area contributed by atoms with Crippen LogP contribution in [0.15, 0.2) is 4.52 Å². The summed E-state index contributed by atoms with van der Waals surface area (Å²) in [7, 11) is 0. The molecule has 0 bridgehead atoms. The van der Waals surface area contributed by atoms with Crippen LogP contribution in [0.3, 0.4) is 0 Å². The highest BCUT2D eigenvalue weighted by Gasteiger charge is 2.25. The van der Waals surface area contributed by atoms with Gasteiger partial charge in [-0.15, -0.1) is 12.4 Å². The average molecular weight is 331 g/mol. The molecule has 1 aromatic heterocycles. The maximum Gasteiger partial charge on any atom is 0.227 e. The Morgan fingerprint density at radius 1 is 1.41 bits per heavy atom. The molecule has 1 saturated carbocycles. The molecule has 0 aliphatic heterocycles. The standard InChI is InChI=1S/C15H26N4O2.ClH/c1-10(2)15-18-14(21-19-15)8-7-13(20)17-12-6-4-3-5-11(12)9-16;/h10-12H,3-9,16H2,1-2H3,(H,17,20);1H. The molecule has 6 nitrogen and oxygen atoms in total. The fraction of sp³-hybridized carbons (Fsp3) is 0.800. The summed E-state index contributed by atoms with van der Waals surface area (Å²) in [6, 6.07) is 0.227. The van der Waals surface area contributed by atoms with Crippen LogP contribution in [0.25, 0.3) is 0 Å². The molecule has 1 heterocycles. The number of carbonyl (C=O) groups excluding carboxylic acids is 1. The first kappa shape index (κ1) is 18.9. The highest BCUT2D eigenvalue weighted by molar-refractivity contribution is 5.85. The van der Waals surface area contributed by atoms with E-state index in [9.17, 15) is 4.79 Å². The Balaban J connectivity index is 0.00000242. The van der Waals surface area contributed by atoms with Crippen LogP contribution in [-0.2, 0) is 11.2 Å². The third-order valence-electron chi connectivity index (χ3n) is 4.12. The predicted octanol–water partition coefficient (Wildman–Crippen LogP) is 2.18. The number of nitrogens with zero attached hydrogens (tertiary/aromatic N) is 2. The first-order valence-corrected chi connectivity index (χ1v) is 7.92. The third kappa shape index (κ3) is 5.25. The van der Waals surface area contributed by atoms with E-state index in [2.05, 4.69) is 15.5 Å². The van der Waals surface area contributed by atoms with Gasteiger partial charge in [-0.05, 0) is 25.3 Å². The lowest BCUT2D eigenvalue weighted by molar-refractivity contribution is -0.122. The second-order valence-electron chi connectivity index (χ2n) is 6.16. The Kier molecular flexibility index (Phi) is 7.82. The van der Waals surface area contributed by atoms with Crippen molar-refractivity contribution in [3.63, 3.8) is 0 Å². The van der Waals surface area contributed by atoms with Crippen molar-refractivity contribution in [1.82, 2.24) is 15.5 Å². The molecule has 3 N–H and O–H groups in total. The summed E-state index contributed by atoms with van der Waals surface area (Å²) < 4.78 is 5.15. The first-order valence-electron chi connectivity index (χ1n) is 7.92. The summed E-state index contributed by atoms with van der Waals surface area (Å²) in [6.07, 6.45) is 5.41. The molecule has 0 spiro atoms. The maximum absolute atomic E-state index is 12.0. The molecule has 22 heavy (non-hydrogen) atoms. The van der Waals surface area contributed by atoms with E-state index in [0.29, 0.717) is 37.0 Å².